The Hall–Kier alpha value is -3.04. The first-order chi connectivity index (χ1) is 14.7. The number of hydrogen-bond acceptors (Lipinski definition) is 7. The second-order valence-corrected chi connectivity index (χ2v) is 8.03. The Kier molecular flexibility index (Phi) is 6.50. The fourth-order valence-corrected chi connectivity index (χ4v) is 3.95. The second kappa shape index (κ2) is 9.64. The van der Waals surface area contributed by atoms with Gasteiger partial charge in [-0.3, -0.25) is 14.5 Å². The fraction of sp³-hybridized carbons (Fsp3) is 0.333. The highest BCUT2D eigenvalue weighted by Gasteiger charge is 2.23. The molecule has 0 spiro atoms. The molecule has 8 nitrogen and oxygen atoms in total. The lowest BCUT2D eigenvalue weighted by atomic mass is 10.1. The van der Waals surface area contributed by atoms with E-state index < -0.39 is 0 Å². The maximum atomic E-state index is 12.4. The summed E-state index contributed by atoms with van der Waals surface area (Å²) in [5.74, 6) is 0.978. The average Bonchev–Trinajstić information content (AvgIpc) is 3.45. The predicted molar refractivity (Wildman–Crippen MR) is 113 cm³/mol. The second-order valence-electron chi connectivity index (χ2n) is 7.09. The number of aromatic nitrogens is 2. The SMILES string of the molecule is O=C(Cc1ccccc1)NCC(=O)N1CCN(Cc2nc(-c3cccs3)no2)CC1. The molecule has 0 atom stereocenters. The molecule has 30 heavy (non-hydrogen) atoms. The van der Waals surface area contributed by atoms with Crippen molar-refractivity contribution in [3.05, 3.63) is 59.3 Å². The standard InChI is InChI=1S/C21H23N5O3S/c27-18(13-16-5-2-1-3-6-16)22-14-20(28)26-10-8-25(9-11-26)15-19-23-21(24-29-19)17-7-4-12-30-17/h1-7,12H,8-11,13-15H2,(H,22,27). The molecular weight excluding hydrogens is 402 g/mol. The summed E-state index contributed by atoms with van der Waals surface area (Å²) in [6, 6.07) is 13.4. The molecule has 0 aliphatic carbocycles. The van der Waals surface area contributed by atoms with Crippen molar-refractivity contribution in [1.29, 1.82) is 0 Å². The number of nitrogens with zero attached hydrogens (tertiary/aromatic N) is 4. The zero-order valence-electron chi connectivity index (χ0n) is 16.5. The third-order valence-corrected chi connectivity index (χ3v) is 5.80. The maximum absolute atomic E-state index is 12.4. The summed E-state index contributed by atoms with van der Waals surface area (Å²) < 4.78 is 5.36. The van der Waals surface area contributed by atoms with E-state index in [0.717, 1.165) is 23.5 Å². The lowest BCUT2D eigenvalue weighted by Gasteiger charge is -2.34. The first kappa shape index (κ1) is 20.2. The first-order valence-electron chi connectivity index (χ1n) is 9.84. The molecule has 0 unspecified atom stereocenters. The zero-order valence-corrected chi connectivity index (χ0v) is 17.3. The Morgan fingerprint density at radius 2 is 1.87 bits per heavy atom. The largest absolute Gasteiger partial charge is 0.347 e. The summed E-state index contributed by atoms with van der Waals surface area (Å²) >= 11 is 1.57. The quantitative estimate of drug-likeness (QED) is 0.621. The van der Waals surface area contributed by atoms with Gasteiger partial charge in [0.1, 0.15) is 0 Å². The van der Waals surface area contributed by atoms with Gasteiger partial charge in [0.05, 0.1) is 24.4 Å². The van der Waals surface area contributed by atoms with Crippen molar-refractivity contribution >= 4 is 23.2 Å². The normalized spacial score (nSPS) is 14.6. The number of nitrogens with one attached hydrogen (secondary N) is 1. The predicted octanol–water partition coefficient (Wildman–Crippen LogP) is 1.80. The lowest BCUT2D eigenvalue weighted by Crippen LogP contribution is -2.51. The number of carbonyl (C=O) groups is 2. The van der Waals surface area contributed by atoms with Crippen molar-refractivity contribution in [2.45, 2.75) is 13.0 Å². The van der Waals surface area contributed by atoms with E-state index in [1.807, 2.05) is 47.8 Å². The van der Waals surface area contributed by atoms with Crippen LogP contribution in [0.1, 0.15) is 11.5 Å². The van der Waals surface area contributed by atoms with Gasteiger partial charge in [-0.25, -0.2) is 0 Å². The maximum Gasteiger partial charge on any atom is 0.242 e. The van der Waals surface area contributed by atoms with Crippen molar-refractivity contribution in [2.24, 2.45) is 0 Å². The summed E-state index contributed by atoms with van der Waals surface area (Å²) in [7, 11) is 0. The molecule has 2 aromatic heterocycles. The Morgan fingerprint density at radius 3 is 2.60 bits per heavy atom. The summed E-state index contributed by atoms with van der Waals surface area (Å²) in [6.45, 7) is 3.26. The summed E-state index contributed by atoms with van der Waals surface area (Å²) in [5.41, 5.74) is 0.930. The molecule has 9 heteroatoms. The molecule has 0 bridgehead atoms. The van der Waals surface area contributed by atoms with E-state index in [9.17, 15) is 9.59 Å². The molecule has 3 heterocycles. The van der Waals surface area contributed by atoms with Crippen LogP contribution in [-0.2, 0) is 22.6 Å². The Labute approximate surface area is 178 Å². The Bertz CT molecular complexity index is 966. The first-order valence-corrected chi connectivity index (χ1v) is 10.7. The minimum Gasteiger partial charge on any atom is -0.347 e. The van der Waals surface area contributed by atoms with E-state index in [-0.39, 0.29) is 24.8 Å². The van der Waals surface area contributed by atoms with Crippen LogP contribution in [0.5, 0.6) is 0 Å². The van der Waals surface area contributed by atoms with Gasteiger partial charge in [-0.15, -0.1) is 11.3 Å². The van der Waals surface area contributed by atoms with Gasteiger partial charge in [0.15, 0.2) is 0 Å². The molecule has 0 radical (unpaired) electrons. The number of benzene rings is 1. The van der Waals surface area contributed by atoms with Crippen molar-refractivity contribution in [2.75, 3.05) is 32.7 Å². The van der Waals surface area contributed by atoms with Crippen molar-refractivity contribution in [3.63, 3.8) is 0 Å². The average molecular weight is 426 g/mol. The van der Waals surface area contributed by atoms with Gasteiger partial charge in [-0.2, -0.15) is 4.98 Å². The minimum absolute atomic E-state index is 0.0273. The van der Waals surface area contributed by atoms with Gasteiger partial charge < -0.3 is 14.7 Å². The van der Waals surface area contributed by atoms with Crippen LogP contribution < -0.4 is 5.32 Å². The number of piperazine rings is 1. The van der Waals surface area contributed by atoms with E-state index in [1.54, 1.807) is 16.2 Å². The topological polar surface area (TPSA) is 91.6 Å². The van der Waals surface area contributed by atoms with E-state index in [1.165, 1.54) is 0 Å². The smallest absolute Gasteiger partial charge is 0.242 e. The molecule has 1 aliphatic rings. The molecule has 0 saturated carbocycles. The molecule has 3 aromatic rings. The summed E-state index contributed by atoms with van der Waals surface area (Å²) in [4.78, 5) is 33.8. The third kappa shape index (κ3) is 5.31. The number of thiophene rings is 1. The van der Waals surface area contributed by atoms with Crippen LogP contribution in [-0.4, -0.2) is 64.5 Å². The third-order valence-electron chi connectivity index (χ3n) is 4.94. The molecule has 4 rings (SSSR count). The van der Waals surface area contributed by atoms with Crippen molar-refractivity contribution in [1.82, 2.24) is 25.3 Å². The summed E-state index contributed by atoms with van der Waals surface area (Å²) in [5, 5.41) is 8.73. The van der Waals surface area contributed by atoms with Crippen LogP contribution in [0.15, 0.2) is 52.4 Å². The van der Waals surface area contributed by atoms with Crippen LogP contribution in [0, 0.1) is 0 Å². The van der Waals surface area contributed by atoms with Gasteiger partial charge in [0.2, 0.25) is 23.5 Å². The van der Waals surface area contributed by atoms with Gasteiger partial charge in [-0.1, -0.05) is 41.6 Å². The highest BCUT2D eigenvalue weighted by molar-refractivity contribution is 7.13. The highest BCUT2D eigenvalue weighted by atomic mass is 32.1. The number of carbonyl (C=O) groups excluding carboxylic acids is 2. The molecule has 1 saturated heterocycles. The molecule has 2 amide bonds. The van der Waals surface area contributed by atoms with Crippen molar-refractivity contribution in [3.8, 4) is 10.7 Å². The van der Waals surface area contributed by atoms with Crippen LogP contribution in [0.2, 0.25) is 0 Å². The van der Waals surface area contributed by atoms with Crippen molar-refractivity contribution < 1.29 is 14.1 Å². The molecule has 156 valence electrons. The number of hydrogen-bond donors (Lipinski definition) is 1. The van der Waals surface area contributed by atoms with Gasteiger partial charge in [0, 0.05) is 26.2 Å². The zero-order chi connectivity index (χ0) is 20.8. The van der Waals surface area contributed by atoms with Crippen LogP contribution in [0.25, 0.3) is 10.7 Å². The van der Waals surface area contributed by atoms with Gasteiger partial charge in [-0.05, 0) is 17.0 Å². The van der Waals surface area contributed by atoms with E-state index >= 15 is 0 Å². The minimum atomic E-state index is -0.147. The lowest BCUT2D eigenvalue weighted by molar-refractivity contribution is -0.134. The number of rotatable bonds is 7. The molecule has 1 aromatic carbocycles. The van der Waals surface area contributed by atoms with E-state index in [4.69, 9.17) is 4.52 Å². The molecular formula is C21H23N5O3S. The molecule has 1 N–H and O–H groups in total. The Balaban J connectivity index is 1.19. The monoisotopic (exact) mass is 425 g/mol. The van der Waals surface area contributed by atoms with E-state index in [2.05, 4.69) is 20.4 Å². The van der Waals surface area contributed by atoms with Crippen LogP contribution in [0.3, 0.4) is 0 Å². The number of amides is 2. The molecule has 1 aliphatic heterocycles. The summed E-state index contributed by atoms with van der Waals surface area (Å²) in [6.07, 6.45) is 0.277. The Morgan fingerprint density at radius 1 is 1.07 bits per heavy atom. The fourth-order valence-electron chi connectivity index (χ4n) is 3.30. The molecule has 1 fully saturated rings. The van der Waals surface area contributed by atoms with Crippen LogP contribution in [0.4, 0.5) is 0 Å². The van der Waals surface area contributed by atoms with Gasteiger partial charge in [0.25, 0.3) is 0 Å². The van der Waals surface area contributed by atoms with E-state index in [0.29, 0.717) is 31.3 Å². The highest BCUT2D eigenvalue weighted by Crippen LogP contribution is 2.21. The van der Waals surface area contributed by atoms with Gasteiger partial charge >= 0.3 is 0 Å². The van der Waals surface area contributed by atoms with Crippen LogP contribution >= 0.6 is 11.3 Å².